The number of hydrogen-bond donors (Lipinski definition) is 0. The third-order valence-corrected chi connectivity index (χ3v) is 4.01. The van der Waals surface area contributed by atoms with Crippen LogP contribution in [-0.4, -0.2) is 5.71 Å². The van der Waals surface area contributed by atoms with Crippen LogP contribution in [0.5, 0.6) is 0 Å². The van der Waals surface area contributed by atoms with E-state index in [1.54, 1.807) is 12.2 Å². The van der Waals surface area contributed by atoms with Gasteiger partial charge in [0, 0.05) is 5.71 Å². The van der Waals surface area contributed by atoms with Crippen molar-refractivity contribution in [3.63, 3.8) is 0 Å². The molecule has 1 aliphatic carbocycles. The lowest BCUT2D eigenvalue weighted by Gasteiger charge is -2.03. The third kappa shape index (κ3) is 8.62. The van der Waals surface area contributed by atoms with Gasteiger partial charge in [-0.3, -0.25) is 4.99 Å². The van der Waals surface area contributed by atoms with Gasteiger partial charge in [-0.05, 0) is 56.4 Å². The molecule has 0 radical (unpaired) electrons. The fraction of sp³-hybridized carbons (Fsp3) is 0.320. The lowest BCUT2D eigenvalue weighted by Crippen LogP contribution is -1.95. The Labute approximate surface area is 160 Å². The summed E-state index contributed by atoms with van der Waals surface area (Å²) in [6.07, 6.45) is 24.0. The van der Waals surface area contributed by atoms with Gasteiger partial charge in [0.05, 0.1) is 5.70 Å². The maximum Gasteiger partial charge on any atom is 0.0626 e. The zero-order chi connectivity index (χ0) is 19.4. The van der Waals surface area contributed by atoms with Gasteiger partial charge in [0.2, 0.25) is 0 Å². The van der Waals surface area contributed by atoms with Crippen LogP contribution >= 0.6 is 0 Å². The van der Waals surface area contributed by atoms with Crippen molar-refractivity contribution in [1.82, 2.24) is 0 Å². The fourth-order valence-electron chi connectivity index (χ4n) is 2.71. The van der Waals surface area contributed by atoms with E-state index in [0.717, 1.165) is 30.7 Å². The molecule has 0 spiro atoms. The van der Waals surface area contributed by atoms with Gasteiger partial charge >= 0.3 is 0 Å². The van der Waals surface area contributed by atoms with Crippen molar-refractivity contribution in [2.75, 3.05) is 0 Å². The molecule has 1 unspecified atom stereocenters. The molecule has 0 aromatic rings. The summed E-state index contributed by atoms with van der Waals surface area (Å²) in [6, 6.07) is 0. The van der Waals surface area contributed by atoms with Crippen molar-refractivity contribution < 1.29 is 0 Å². The molecule has 0 saturated heterocycles. The van der Waals surface area contributed by atoms with Gasteiger partial charge in [0.1, 0.15) is 0 Å². The van der Waals surface area contributed by atoms with Gasteiger partial charge in [-0.2, -0.15) is 0 Å². The Hall–Kier alpha value is -2.41. The van der Waals surface area contributed by atoms with E-state index in [0.29, 0.717) is 5.92 Å². The predicted octanol–water partition coefficient (Wildman–Crippen LogP) is 7.45. The molecule has 1 heteroatoms. The molecule has 0 N–H and O–H groups in total. The smallest absolute Gasteiger partial charge is 0.0626 e. The Morgan fingerprint density at radius 2 is 1.96 bits per heavy atom. The monoisotopic (exact) mass is 347 g/mol. The summed E-state index contributed by atoms with van der Waals surface area (Å²) in [5.41, 5.74) is 5.69. The summed E-state index contributed by atoms with van der Waals surface area (Å²) >= 11 is 0. The van der Waals surface area contributed by atoms with Gasteiger partial charge in [-0.15, -0.1) is 0 Å². The first-order chi connectivity index (χ1) is 12.5. The summed E-state index contributed by atoms with van der Waals surface area (Å²) in [4.78, 5) is 4.72. The molecule has 0 amide bonds. The lowest BCUT2D eigenvalue weighted by atomic mass is 10.1. The van der Waals surface area contributed by atoms with Crippen LogP contribution in [0.1, 0.15) is 47.0 Å². The Balaban J connectivity index is 2.99. The van der Waals surface area contributed by atoms with Crippen LogP contribution in [0.3, 0.4) is 0 Å². The average molecular weight is 348 g/mol. The van der Waals surface area contributed by atoms with Crippen LogP contribution < -0.4 is 0 Å². The molecule has 0 aliphatic heterocycles. The standard InChI is InChI=1S/C25H33N/c1-7-10-12-25(26-24(9-3)11-8-2)16-14-21(5)18-23-15-13-20(4)17-22(6)19-23/h8-9,11,13-19,22H,2-3,7,10,12H2,1,4-6H3/b16-14+,21-18+,24-11+,26-25-. The highest BCUT2D eigenvalue weighted by Gasteiger charge is 2.01. The van der Waals surface area contributed by atoms with E-state index in [9.17, 15) is 0 Å². The minimum absolute atomic E-state index is 0.453. The van der Waals surface area contributed by atoms with E-state index >= 15 is 0 Å². The van der Waals surface area contributed by atoms with Gasteiger partial charge in [0.25, 0.3) is 0 Å². The quantitative estimate of drug-likeness (QED) is 0.303. The van der Waals surface area contributed by atoms with E-state index in [1.807, 2.05) is 6.08 Å². The van der Waals surface area contributed by atoms with Crippen molar-refractivity contribution in [2.45, 2.75) is 47.0 Å². The Morgan fingerprint density at radius 1 is 1.19 bits per heavy atom. The fourth-order valence-corrected chi connectivity index (χ4v) is 2.71. The van der Waals surface area contributed by atoms with Gasteiger partial charge in [-0.25, -0.2) is 0 Å². The number of allylic oxidation sites excluding steroid dienone is 13. The van der Waals surface area contributed by atoms with Crippen LogP contribution in [0, 0.1) is 5.92 Å². The molecule has 0 aromatic carbocycles. The molecule has 1 atom stereocenters. The number of unbranched alkanes of at least 4 members (excludes halogenated alkanes) is 1. The molecular weight excluding hydrogens is 314 g/mol. The minimum Gasteiger partial charge on any atom is -0.254 e. The number of rotatable bonds is 9. The summed E-state index contributed by atoms with van der Waals surface area (Å²) in [7, 11) is 0. The number of nitrogens with zero attached hydrogens (tertiary/aromatic N) is 1. The molecule has 138 valence electrons. The van der Waals surface area contributed by atoms with E-state index in [-0.39, 0.29) is 0 Å². The van der Waals surface area contributed by atoms with Crippen LogP contribution in [-0.2, 0) is 0 Å². The minimum atomic E-state index is 0.453. The first kappa shape index (κ1) is 21.6. The van der Waals surface area contributed by atoms with E-state index in [4.69, 9.17) is 4.99 Å². The topological polar surface area (TPSA) is 12.4 Å². The molecule has 0 bridgehead atoms. The molecule has 1 nitrogen and oxygen atoms in total. The molecule has 1 rings (SSSR count). The second kappa shape index (κ2) is 12.0. The van der Waals surface area contributed by atoms with Crippen LogP contribution in [0.4, 0.5) is 0 Å². The van der Waals surface area contributed by atoms with Crippen molar-refractivity contribution >= 4 is 5.71 Å². The maximum atomic E-state index is 4.72. The van der Waals surface area contributed by atoms with Gasteiger partial charge in [-0.1, -0.05) is 87.1 Å². The maximum absolute atomic E-state index is 4.72. The molecule has 0 saturated carbocycles. The Kier molecular flexibility index (Phi) is 10.0. The second-order valence-corrected chi connectivity index (χ2v) is 6.73. The van der Waals surface area contributed by atoms with Crippen LogP contribution in [0.15, 0.2) is 101 Å². The van der Waals surface area contributed by atoms with Crippen molar-refractivity contribution in [3.8, 4) is 0 Å². The lowest BCUT2D eigenvalue weighted by molar-refractivity contribution is 0.836. The van der Waals surface area contributed by atoms with Crippen LogP contribution in [0.25, 0.3) is 0 Å². The Bertz CT molecular complexity index is 702. The normalized spacial score (nSPS) is 19.2. The first-order valence-electron chi connectivity index (χ1n) is 9.46. The highest BCUT2D eigenvalue weighted by molar-refractivity contribution is 5.96. The molecule has 26 heavy (non-hydrogen) atoms. The van der Waals surface area contributed by atoms with Crippen molar-refractivity contribution in [3.05, 3.63) is 96.3 Å². The average Bonchev–Trinajstić information content (AvgIpc) is 2.76. The predicted molar refractivity (Wildman–Crippen MR) is 118 cm³/mol. The van der Waals surface area contributed by atoms with Crippen molar-refractivity contribution in [2.24, 2.45) is 10.9 Å². The third-order valence-electron chi connectivity index (χ3n) is 4.01. The zero-order valence-corrected chi connectivity index (χ0v) is 16.8. The largest absolute Gasteiger partial charge is 0.254 e. The van der Waals surface area contributed by atoms with E-state index < -0.39 is 0 Å². The summed E-state index contributed by atoms with van der Waals surface area (Å²) in [5.74, 6) is 0.453. The van der Waals surface area contributed by atoms with Gasteiger partial charge in [0.15, 0.2) is 0 Å². The summed E-state index contributed by atoms with van der Waals surface area (Å²) in [6.45, 7) is 16.3. The Morgan fingerprint density at radius 3 is 2.62 bits per heavy atom. The first-order valence-corrected chi connectivity index (χ1v) is 9.46. The molecule has 0 aromatic heterocycles. The molecule has 0 fully saturated rings. The van der Waals surface area contributed by atoms with Crippen molar-refractivity contribution in [1.29, 1.82) is 0 Å². The van der Waals surface area contributed by atoms with Gasteiger partial charge < -0.3 is 0 Å². The number of hydrogen-bond acceptors (Lipinski definition) is 1. The second-order valence-electron chi connectivity index (χ2n) is 6.73. The molecular formula is C25H33N. The highest BCUT2D eigenvalue weighted by atomic mass is 14.7. The summed E-state index contributed by atoms with van der Waals surface area (Å²) in [5, 5.41) is 0. The van der Waals surface area contributed by atoms with E-state index in [1.165, 1.54) is 16.7 Å². The highest BCUT2D eigenvalue weighted by Crippen LogP contribution is 2.17. The number of aliphatic imine (C=N–C) groups is 1. The van der Waals surface area contributed by atoms with Crippen LogP contribution in [0.2, 0.25) is 0 Å². The SMILES string of the molecule is C=C/C=C(C=C)/N=C(\C=C\C(C)=C\C1=CC(C)C=C(C)C=C1)CCCC. The summed E-state index contributed by atoms with van der Waals surface area (Å²) < 4.78 is 0. The zero-order valence-electron chi connectivity index (χ0n) is 16.8. The van der Waals surface area contributed by atoms with E-state index in [2.05, 4.69) is 83.4 Å². The molecule has 1 aliphatic rings. The molecule has 0 heterocycles.